The fraction of sp³-hybridized carbons (Fsp3) is 0.545. The molecule has 0 atom stereocenters. The lowest BCUT2D eigenvalue weighted by Crippen LogP contribution is -2.41. The Bertz CT molecular complexity index is 363. The van der Waals surface area contributed by atoms with Crippen LogP contribution in [0.3, 0.4) is 0 Å². The molecular weight excluding hydrogens is 256 g/mol. The predicted octanol–water partition coefficient (Wildman–Crippen LogP) is 2.80. The average molecular weight is 273 g/mol. The van der Waals surface area contributed by atoms with Gasteiger partial charge in [-0.3, -0.25) is 4.79 Å². The zero-order chi connectivity index (χ0) is 11.6. The summed E-state index contributed by atoms with van der Waals surface area (Å²) in [7, 11) is 0. The van der Waals surface area contributed by atoms with Crippen LogP contribution in [0.5, 0.6) is 0 Å². The molecule has 0 spiro atoms. The fourth-order valence-electron chi connectivity index (χ4n) is 1.33. The summed E-state index contributed by atoms with van der Waals surface area (Å²) in [4.78, 5) is 11.9. The van der Waals surface area contributed by atoms with Gasteiger partial charge in [-0.2, -0.15) is 0 Å². The van der Waals surface area contributed by atoms with Gasteiger partial charge in [0.05, 0.1) is 0 Å². The third kappa shape index (κ3) is 3.38. The normalized spacial score (nSPS) is 11.5. The van der Waals surface area contributed by atoms with Gasteiger partial charge in [-0.25, -0.2) is 0 Å². The number of nitrogens with one attached hydrogen (secondary N) is 1. The van der Waals surface area contributed by atoms with Crippen molar-refractivity contribution in [2.45, 2.75) is 39.8 Å². The van der Waals surface area contributed by atoms with E-state index in [1.807, 2.05) is 44.5 Å². The number of amides is 1. The van der Waals surface area contributed by atoms with Crippen LogP contribution in [0.2, 0.25) is 0 Å². The molecule has 0 fully saturated rings. The molecule has 1 aromatic heterocycles. The lowest BCUT2D eigenvalue weighted by molar-refractivity contribution is 0.0910. The van der Waals surface area contributed by atoms with E-state index in [9.17, 15) is 4.79 Å². The van der Waals surface area contributed by atoms with Crippen molar-refractivity contribution in [3.8, 4) is 0 Å². The molecule has 0 aromatic carbocycles. The van der Waals surface area contributed by atoms with Crippen LogP contribution < -0.4 is 5.32 Å². The molecule has 84 valence electrons. The minimum absolute atomic E-state index is 0.0324. The van der Waals surface area contributed by atoms with Crippen LogP contribution in [0.15, 0.2) is 16.7 Å². The first-order valence-corrected chi connectivity index (χ1v) is 5.81. The van der Waals surface area contributed by atoms with Gasteiger partial charge in [0.25, 0.3) is 5.91 Å². The number of nitrogens with zero attached hydrogens (tertiary/aromatic N) is 1. The molecule has 0 bridgehead atoms. The predicted molar refractivity (Wildman–Crippen MR) is 65.0 cm³/mol. The van der Waals surface area contributed by atoms with Gasteiger partial charge in [-0.1, -0.05) is 0 Å². The molecule has 1 aromatic rings. The molecule has 0 aliphatic carbocycles. The smallest absolute Gasteiger partial charge is 0.268 e. The first kappa shape index (κ1) is 12.3. The van der Waals surface area contributed by atoms with E-state index >= 15 is 0 Å². The molecule has 0 saturated carbocycles. The van der Waals surface area contributed by atoms with Crippen molar-refractivity contribution in [1.29, 1.82) is 0 Å². The van der Waals surface area contributed by atoms with E-state index < -0.39 is 0 Å². The molecule has 0 aliphatic heterocycles. The third-order valence-corrected chi connectivity index (χ3v) is 2.36. The lowest BCUT2D eigenvalue weighted by Gasteiger charge is -2.20. The largest absolute Gasteiger partial charge is 0.346 e. The van der Waals surface area contributed by atoms with Crippen LogP contribution in [0.4, 0.5) is 0 Å². The Morgan fingerprint density at radius 3 is 2.60 bits per heavy atom. The van der Waals surface area contributed by atoms with Crippen LogP contribution in [0, 0.1) is 0 Å². The SMILES string of the molecule is CCn1cc(Br)cc1C(=O)NC(C)(C)C. The number of halogens is 1. The zero-order valence-electron chi connectivity index (χ0n) is 9.60. The first-order valence-electron chi connectivity index (χ1n) is 5.01. The number of aryl methyl sites for hydroxylation is 1. The highest BCUT2D eigenvalue weighted by atomic mass is 79.9. The van der Waals surface area contributed by atoms with E-state index in [4.69, 9.17) is 0 Å². The summed E-state index contributed by atoms with van der Waals surface area (Å²) < 4.78 is 2.86. The number of hydrogen-bond donors (Lipinski definition) is 1. The van der Waals surface area contributed by atoms with Crippen LogP contribution in [0.25, 0.3) is 0 Å². The Morgan fingerprint density at radius 1 is 1.53 bits per heavy atom. The highest BCUT2D eigenvalue weighted by molar-refractivity contribution is 9.10. The quantitative estimate of drug-likeness (QED) is 0.883. The summed E-state index contributed by atoms with van der Waals surface area (Å²) in [6.07, 6.45) is 1.91. The molecule has 0 unspecified atom stereocenters. The molecule has 1 heterocycles. The summed E-state index contributed by atoms with van der Waals surface area (Å²) in [6, 6.07) is 1.84. The van der Waals surface area contributed by atoms with E-state index in [0.29, 0.717) is 5.69 Å². The highest BCUT2D eigenvalue weighted by Crippen LogP contribution is 2.15. The second kappa shape index (κ2) is 4.39. The van der Waals surface area contributed by atoms with Crippen molar-refractivity contribution in [3.63, 3.8) is 0 Å². The minimum atomic E-state index is -0.202. The maximum Gasteiger partial charge on any atom is 0.268 e. The third-order valence-electron chi connectivity index (χ3n) is 1.93. The van der Waals surface area contributed by atoms with E-state index in [1.54, 1.807) is 0 Å². The van der Waals surface area contributed by atoms with E-state index in [0.717, 1.165) is 11.0 Å². The van der Waals surface area contributed by atoms with Gasteiger partial charge in [-0.05, 0) is 49.7 Å². The van der Waals surface area contributed by atoms with Gasteiger partial charge in [-0.15, -0.1) is 0 Å². The van der Waals surface area contributed by atoms with Crippen molar-refractivity contribution in [3.05, 3.63) is 22.4 Å². The Balaban J connectivity index is 2.91. The molecule has 4 heteroatoms. The summed E-state index contributed by atoms with van der Waals surface area (Å²) in [6.45, 7) is 8.72. The lowest BCUT2D eigenvalue weighted by atomic mass is 10.1. The first-order chi connectivity index (χ1) is 6.83. The molecule has 1 amide bonds. The number of aromatic nitrogens is 1. The number of rotatable bonds is 2. The summed E-state index contributed by atoms with van der Waals surface area (Å²) >= 11 is 3.37. The Labute approximate surface area is 99.0 Å². The van der Waals surface area contributed by atoms with Crippen molar-refractivity contribution in [2.75, 3.05) is 0 Å². The van der Waals surface area contributed by atoms with Gasteiger partial charge < -0.3 is 9.88 Å². The maximum atomic E-state index is 11.9. The second-order valence-corrected chi connectivity index (χ2v) is 5.45. The number of hydrogen-bond acceptors (Lipinski definition) is 1. The van der Waals surface area contributed by atoms with Gasteiger partial charge in [0.1, 0.15) is 5.69 Å². The van der Waals surface area contributed by atoms with Crippen molar-refractivity contribution in [1.82, 2.24) is 9.88 Å². The Morgan fingerprint density at radius 2 is 2.13 bits per heavy atom. The number of carbonyl (C=O) groups is 1. The standard InChI is InChI=1S/C11H17BrN2O/c1-5-14-7-8(12)6-9(14)10(15)13-11(2,3)4/h6-7H,5H2,1-4H3,(H,13,15). The van der Waals surface area contributed by atoms with Gasteiger partial charge in [0.2, 0.25) is 0 Å². The molecule has 0 saturated heterocycles. The van der Waals surface area contributed by atoms with Crippen molar-refractivity contribution < 1.29 is 4.79 Å². The molecule has 15 heavy (non-hydrogen) atoms. The Kier molecular flexibility index (Phi) is 3.60. The van der Waals surface area contributed by atoms with Crippen molar-refractivity contribution >= 4 is 21.8 Å². The zero-order valence-corrected chi connectivity index (χ0v) is 11.2. The van der Waals surface area contributed by atoms with Crippen LogP contribution >= 0.6 is 15.9 Å². The van der Waals surface area contributed by atoms with Gasteiger partial charge >= 0.3 is 0 Å². The highest BCUT2D eigenvalue weighted by Gasteiger charge is 2.18. The van der Waals surface area contributed by atoms with Crippen LogP contribution in [-0.4, -0.2) is 16.0 Å². The summed E-state index contributed by atoms with van der Waals surface area (Å²) in [5.41, 5.74) is 0.492. The molecule has 1 rings (SSSR count). The number of carbonyl (C=O) groups excluding carboxylic acids is 1. The molecule has 0 radical (unpaired) electrons. The second-order valence-electron chi connectivity index (χ2n) is 4.53. The fourth-order valence-corrected chi connectivity index (χ4v) is 1.80. The molecule has 0 aliphatic rings. The molecule has 3 nitrogen and oxygen atoms in total. The average Bonchev–Trinajstić information content (AvgIpc) is 2.43. The topological polar surface area (TPSA) is 34.0 Å². The molecular formula is C11H17BrN2O. The molecule has 1 N–H and O–H groups in total. The van der Waals surface area contributed by atoms with Crippen LogP contribution in [-0.2, 0) is 6.54 Å². The monoisotopic (exact) mass is 272 g/mol. The summed E-state index contributed by atoms with van der Waals surface area (Å²) in [5.74, 6) is -0.0324. The van der Waals surface area contributed by atoms with E-state index in [1.165, 1.54) is 0 Å². The van der Waals surface area contributed by atoms with E-state index in [2.05, 4.69) is 21.2 Å². The van der Waals surface area contributed by atoms with Gasteiger partial charge in [0, 0.05) is 22.8 Å². The summed E-state index contributed by atoms with van der Waals surface area (Å²) in [5, 5.41) is 2.94. The van der Waals surface area contributed by atoms with E-state index in [-0.39, 0.29) is 11.4 Å². The van der Waals surface area contributed by atoms with Crippen LogP contribution in [0.1, 0.15) is 38.2 Å². The van der Waals surface area contributed by atoms with Crippen molar-refractivity contribution in [2.24, 2.45) is 0 Å². The Hall–Kier alpha value is -0.770. The minimum Gasteiger partial charge on any atom is -0.346 e. The van der Waals surface area contributed by atoms with Gasteiger partial charge in [0.15, 0.2) is 0 Å². The maximum absolute atomic E-state index is 11.9.